The number of fused-ring (bicyclic) bond motifs is 6. The van der Waals surface area contributed by atoms with Gasteiger partial charge in [-0.2, -0.15) is 0 Å². The molecule has 1 saturated carbocycles. The summed E-state index contributed by atoms with van der Waals surface area (Å²) < 4.78 is 0. The summed E-state index contributed by atoms with van der Waals surface area (Å²) in [5.74, 6) is 0.0986. The van der Waals surface area contributed by atoms with Gasteiger partial charge in [0, 0.05) is 17.0 Å². The van der Waals surface area contributed by atoms with Crippen molar-refractivity contribution in [3.05, 3.63) is 40.1 Å². The Bertz CT molecular complexity index is 763. The second kappa shape index (κ2) is 3.81. The topological polar surface area (TPSA) is 50.2 Å². The molecule has 2 atom stereocenters. The number of hydrogen-bond acceptors (Lipinski definition) is 2. The fourth-order valence-corrected chi connectivity index (χ4v) is 4.05. The van der Waals surface area contributed by atoms with E-state index in [-0.39, 0.29) is 0 Å². The van der Waals surface area contributed by atoms with Gasteiger partial charge in [0.25, 0.3) is 0 Å². The third-order valence-electron chi connectivity index (χ3n) is 5.19. The number of aromatic nitrogens is 1. The highest BCUT2D eigenvalue weighted by molar-refractivity contribution is 6.05. The maximum Gasteiger partial charge on any atom is 0.336 e. The zero-order valence-electron chi connectivity index (χ0n) is 11.7. The van der Waals surface area contributed by atoms with Crippen LogP contribution in [0.5, 0.6) is 0 Å². The summed E-state index contributed by atoms with van der Waals surface area (Å²) in [5.41, 5.74) is 5.78. The van der Waals surface area contributed by atoms with Gasteiger partial charge in [-0.1, -0.05) is 12.1 Å². The summed E-state index contributed by atoms with van der Waals surface area (Å²) in [7, 11) is 0. The Labute approximate surface area is 117 Å². The number of carbonyl (C=O) groups is 1. The van der Waals surface area contributed by atoms with Crippen LogP contribution in [0.2, 0.25) is 0 Å². The Kier molecular flexibility index (Phi) is 2.27. The number of pyridine rings is 1. The first-order valence-corrected chi connectivity index (χ1v) is 7.25. The van der Waals surface area contributed by atoms with E-state index in [0.29, 0.717) is 17.4 Å². The molecule has 1 fully saturated rings. The highest BCUT2D eigenvalue weighted by Crippen LogP contribution is 2.54. The molecule has 1 aromatic heterocycles. The fraction of sp³-hybridized carbons (Fsp3) is 0.412. The zero-order valence-corrected chi connectivity index (χ0v) is 11.7. The number of rotatable bonds is 1. The normalized spacial score (nSPS) is 23.3. The smallest absolute Gasteiger partial charge is 0.336 e. The summed E-state index contributed by atoms with van der Waals surface area (Å²) >= 11 is 0. The predicted octanol–water partition coefficient (Wildman–Crippen LogP) is 3.91. The highest BCUT2D eigenvalue weighted by Gasteiger charge is 2.41. The highest BCUT2D eigenvalue weighted by atomic mass is 16.4. The van der Waals surface area contributed by atoms with Gasteiger partial charge in [-0.3, -0.25) is 4.98 Å². The average molecular weight is 267 g/mol. The van der Waals surface area contributed by atoms with E-state index in [0.717, 1.165) is 40.6 Å². The van der Waals surface area contributed by atoms with Crippen LogP contribution in [0.1, 0.15) is 63.8 Å². The van der Waals surface area contributed by atoms with E-state index in [1.165, 1.54) is 12.0 Å². The van der Waals surface area contributed by atoms with Crippen molar-refractivity contribution in [3.63, 3.8) is 0 Å². The van der Waals surface area contributed by atoms with E-state index in [2.05, 4.69) is 6.92 Å². The van der Waals surface area contributed by atoms with Crippen LogP contribution in [-0.2, 0) is 0 Å². The van der Waals surface area contributed by atoms with Crippen molar-refractivity contribution >= 4 is 16.9 Å². The molecule has 102 valence electrons. The molecule has 1 heterocycles. The van der Waals surface area contributed by atoms with Crippen LogP contribution in [0, 0.1) is 13.8 Å². The van der Waals surface area contributed by atoms with E-state index in [4.69, 9.17) is 4.98 Å². The summed E-state index contributed by atoms with van der Waals surface area (Å²) in [6.07, 6.45) is 3.38. The summed E-state index contributed by atoms with van der Waals surface area (Å²) in [4.78, 5) is 16.7. The first kappa shape index (κ1) is 11.9. The monoisotopic (exact) mass is 267 g/mol. The van der Waals surface area contributed by atoms with Crippen LogP contribution < -0.4 is 0 Å². The molecule has 0 spiro atoms. The predicted molar refractivity (Wildman–Crippen MR) is 77.5 cm³/mol. The number of aromatic carboxylic acids is 1. The van der Waals surface area contributed by atoms with Gasteiger partial charge in [0.15, 0.2) is 0 Å². The van der Waals surface area contributed by atoms with Crippen molar-refractivity contribution in [3.8, 4) is 0 Å². The molecule has 3 nitrogen and oxygen atoms in total. The van der Waals surface area contributed by atoms with E-state index in [1.807, 2.05) is 19.1 Å². The lowest BCUT2D eigenvalue weighted by Gasteiger charge is -2.19. The summed E-state index contributed by atoms with van der Waals surface area (Å²) in [6, 6.07) is 3.94. The van der Waals surface area contributed by atoms with Gasteiger partial charge in [0.1, 0.15) is 0 Å². The van der Waals surface area contributed by atoms with Crippen LogP contribution >= 0.6 is 0 Å². The van der Waals surface area contributed by atoms with E-state index in [1.54, 1.807) is 0 Å². The molecule has 1 aromatic carbocycles. The maximum absolute atomic E-state index is 11.8. The molecule has 0 amide bonds. The molecule has 2 bridgehead atoms. The van der Waals surface area contributed by atoms with Gasteiger partial charge in [-0.15, -0.1) is 0 Å². The van der Waals surface area contributed by atoms with Crippen LogP contribution in [-0.4, -0.2) is 16.1 Å². The fourth-order valence-electron chi connectivity index (χ4n) is 4.05. The van der Waals surface area contributed by atoms with Gasteiger partial charge in [0.2, 0.25) is 0 Å². The molecule has 0 aliphatic heterocycles. The van der Waals surface area contributed by atoms with Crippen LogP contribution in [0.25, 0.3) is 10.9 Å². The lowest BCUT2D eigenvalue weighted by molar-refractivity contribution is 0.0697. The van der Waals surface area contributed by atoms with E-state index < -0.39 is 5.97 Å². The van der Waals surface area contributed by atoms with Crippen molar-refractivity contribution in [1.82, 2.24) is 4.98 Å². The minimum absolute atomic E-state index is 0.416. The molecular weight excluding hydrogens is 250 g/mol. The number of carboxylic acid groups (broad SMARTS) is 1. The van der Waals surface area contributed by atoms with E-state index >= 15 is 0 Å². The molecule has 2 unspecified atom stereocenters. The lowest BCUT2D eigenvalue weighted by Crippen LogP contribution is -2.11. The molecule has 4 rings (SSSR count). The van der Waals surface area contributed by atoms with Gasteiger partial charge in [-0.05, 0) is 55.7 Å². The van der Waals surface area contributed by atoms with Gasteiger partial charge in [-0.25, -0.2) is 4.79 Å². The molecule has 1 N–H and O–H groups in total. The first-order chi connectivity index (χ1) is 9.58. The van der Waals surface area contributed by atoms with Gasteiger partial charge < -0.3 is 5.11 Å². The quantitative estimate of drug-likeness (QED) is 0.852. The Balaban J connectivity index is 2.17. The zero-order chi connectivity index (χ0) is 14.0. The SMILES string of the molecule is Cc1ccc2c(C(=O)O)c3c(nc2c1C)C1CCC3C1. The Morgan fingerprint density at radius 1 is 1.25 bits per heavy atom. The van der Waals surface area contributed by atoms with Gasteiger partial charge >= 0.3 is 5.97 Å². The number of aryl methyl sites for hydroxylation is 2. The molecule has 3 heteroatoms. The van der Waals surface area contributed by atoms with Crippen LogP contribution in [0.15, 0.2) is 12.1 Å². The lowest BCUT2D eigenvalue weighted by atomic mass is 9.88. The molecule has 2 aliphatic rings. The summed E-state index contributed by atoms with van der Waals surface area (Å²) in [6.45, 7) is 4.09. The third-order valence-corrected chi connectivity index (χ3v) is 5.19. The third kappa shape index (κ3) is 1.35. The Morgan fingerprint density at radius 2 is 2.00 bits per heavy atom. The maximum atomic E-state index is 11.8. The van der Waals surface area contributed by atoms with Crippen LogP contribution in [0.3, 0.4) is 0 Å². The molecule has 2 aliphatic carbocycles. The standard InChI is InChI=1S/C17H17NO2/c1-8-3-6-12-14(17(19)20)13-10-4-5-11(7-10)16(13)18-15(12)9(8)2/h3,6,10-11H,4-5,7H2,1-2H3,(H,19,20). The van der Waals surface area contributed by atoms with Crippen LogP contribution in [0.4, 0.5) is 0 Å². The number of carboxylic acids is 1. The second-order valence-corrected chi connectivity index (χ2v) is 6.20. The van der Waals surface area contributed by atoms with Gasteiger partial charge in [0.05, 0.1) is 11.1 Å². The second-order valence-electron chi connectivity index (χ2n) is 6.20. The average Bonchev–Trinajstić information content (AvgIpc) is 3.02. The molecule has 2 aromatic rings. The molecule has 0 saturated heterocycles. The molecule has 20 heavy (non-hydrogen) atoms. The van der Waals surface area contributed by atoms with Crippen molar-refractivity contribution < 1.29 is 9.90 Å². The van der Waals surface area contributed by atoms with Crippen molar-refractivity contribution in [2.75, 3.05) is 0 Å². The number of hydrogen-bond donors (Lipinski definition) is 1. The first-order valence-electron chi connectivity index (χ1n) is 7.25. The largest absolute Gasteiger partial charge is 0.478 e. The Hall–Kier alpha value is -1.90. The molecular formula is C17H17NO2. The number of nitrogens with zero attached hydrogens (tertiary/aromatic N) is 1. The van der Waals surface area contributed by atoms with E-state index in [9.17, 15) is 9.90 Å². The minimum Gasteiger partial charge on any atom is -0.478 e. The minimum atomic E-state index is -0.801. The Morgan fingerprint density at radius 3 is 2.75 bits per heavy atom. The van der Waals surface area contributed by atoms with Crippen molar-refractivity contribution in [2.45, 2.75) is 44.9 Å². The number of benzene rings is 1. The molecule has 0 radical (unpaired) electrons. The van der Waals surface area contributed by atoms with Crippen molar-refractivity contribution in [2.24, 2.45) is 0 Å². The van der Waals surface area contributed by atoms with Crippen molar-refractivity contribution in [1.29, 1.82) is 0 Å². The summed E-state index contributed by atoms with van der Waals surface area (Å²) in [5, 5.41) is 10.5.